The van der Waals surface area contributed by atoms with Gasteiger partial charge in [0.25, 0.3) is 0 Å². The molecule has 0 bridgehead atoms. The molecule has 1 fully saturated rings. The zero-order valence-electron chi connectivity index (χ0n) is 11.1. The van der Waals surface area contributed by atoms with Crippen LogP contribution in [0, 0.1) is 5.92 Å². The third-order valence-corrected chi connectivity index (χ3v) is 3.04. The van der Waals surface area contributed by atoms with Crippen molar-refractivity contribution in [2.75, 3.05) is 13.2 Å². The number of rotatable bonds is 7. The normalized spacial score (nSPS) is 14.3. The Labute approximate surface area is 108 Å². The maximum atomic E-state index is 12.0. The lowest BCUT2D eigenvalue weighted by molar-refractivity contribution is 0.0975. The van der Waals surface area contributed by atoms with E-state index < -0.39 is 0 Å². The van der Waals surface area contributed by atoms with Gasteiger partial charge in [0.1, 0.15) is 0 Å². The Kier molecular flexibility index (Phi) is 4.24. The largest absolute Gasteiger partial charge is 0.490 e. The number of Topliss-reactive ketones (excluding diaryl/α,β-unsaturated/α-hetero) is 1. The first-order chi connectivity index (χ1) is 8.74. The topological polar surface area (TPSA) is 35.5 Å². The Balaban J connectivity index is 2.15. The molecule has 0 amide bonds. The van der Waals surface area contributed by atoms with Crippen LogP contribution in [0.2, 0.25) is 0 Å². The SMILES string of the molecule is CCOc1ccc(C(=O)CC2CC2)cc1OCC. The lowest BCUT2D eigenvalue weighted by Crippen LogP contribution is -2.03. The van der Waals surface area contributed by atoms with Gasteiger partial charge in [-0.2, -0.15) is 0 Å². The Morgan fingerprint density at radius 2 is 1.83 bits per heavy atom. The van der Waals surface area contributed by atoms with Gasteiger partial charge in [0, 0.05) is 12.0 Å². The van der Waals surface area contributed by atoms with Crippen LogP contribution < -0.4 is 9.47 Å². The van der Waals surface area contributed by atoms with E-state index in [0.717, 1.165) is 5.56 Å². The molecule has 2 rings (SSSR count). The number of benzene rings is 1. The van der Waals surface area contributed by atoms with Crippen LogP contribution in [-0.4, -0.2) is 19.0 Å². The monoisotopic (exact) mass is 248 g/mol. The van der Waals surface area contributed by atoms with Gasteiger partial charge in [-0.15, -0.1) is 0 Å². The quantitative estimate of drug-likeness (QED) is 0.693. The van der Waals surface area contributed by atoms with Gasteiger partial charge >= 0.3 is 0 Å². The van der Waals surface area contributed by atoms with Gasteiger partial charge in [-0.3, -0.25) is 4.79 Å². The molecule has 0 aliphatic heterocycles. The first-order valence-corrected chi connectivity index (χ1v) is 6.67. The number of ether oxygens (including phenoxy) is 2. The zero-order valence-corrected chi connectivity index (χ0v) is 11.1. The second-order valence-corrected chi connectivity index (χ2v) is 4.60. The van der Waals surface area contributed by atoms with Gasteiger partial charge in [0.05, 0.1) is 13.2 Å². The smallest absolute Gasteiger partial charge is 0.163 e. The maximum Gasteiger partial charge on any atom is 0.163 e. The lowest BCUT2D eigenvalue weighted by Gasteiger charge is -2.12. The van der Waals surface area contributed by atoms with Crippen LogP contribution in [0.1, 0.15) is 43.5 Å². The number of carbonyl (C=O) groups is 1. The van der Waals surface area contributed by atoms with Gasteiger partial charge in [0.15, 0.2) is 17.3 Å². The Morgan fingerprint density at radius 3 is 2.44 bits per heavy atom. The first-order valence-electron chi connectivity index (χ1n) is 6.67. The Hall–Kier alpha value is -1.51. The molecule has 1 aliphatic rings. The van der Waals surface area contributed by atoms with E-state index in [2.05, 4.69) is 0 Å². The van der Waals surface area contributed by atoms with Crippen LogP contribution in [0.5, 0.6) is 11.5 Å². The molecule has 0 spiro atoms. The van der Waals surface area contributed by atoms with E-state index in [-0.39, 0.29) is 5.78 Å². The molecule has 0 radical (unpaired) electrons. The average molecular weight is 248 g/mol. The van der Waals surface area contributed by atoms with Crippen molar-refractivity contribution in [1.29, 1.82) is 0 Å². The molecule has 1 aliphatic carbocycles. The molecule has 0 N–H and O–H groups in total. The summed E-state index contributed by atoms with van der Waals surface area (Å²) in [4.78, 5) is 12.0. The highest BCUT2D eigenvalue weighted by Crippen LogP contribution is 2.35. The predicted molar refractivity (Wildman–Crippen MR) is 70.5 cm³/mol. The van der Waals surface area contributed by atoms with Crippen LogP contribution in [0.4, 0.5) is 0 Å². The van der Waals surface area contributed by atoms with Crippen molar-refractivity contribution in [2.24, 2.45) is 5.92 Å². The van der Waals surface area contributed by atoms with Gasteiger partial charge in [-0.25, -0.2) is 0 Å². The van der Waals surface area contributed by atoms with Gasteiger partial charge in [0.2, 0.25) is 0 Å². The van der Waals surface area contributed by atoms with Crippen molar-refractivity contribution < 1.29 is 14.3 Å². The fourth-order valence-electron chi connectivity index (χ4n) is 1.93. The molecule has 1 aromatic rings. The summed E-state index contributed by atoms with van der Waals surface area (Å²) in [6.07, 6.45) is 3.06. The average Bonchev–Trinajstić information content (AvgIpc) is 3.16. The second-order valence-electron chi connectivity index (χ2n) is 4.60. The van der Waals surface area contributed by atoms with Crippen LogP contribution in [-0.2, 0) is 0 Å². The number of hydrogen-bond acceptors (Lipinski definition) is 3. The summed E-state index contributed by atoms with van der Waals surface area (Å²) in [5.41, 5.74) is 0.730. The van der Waals surface area contributed by atoms with Crippen LogP contribution in [0.15, 0.2) is 18.2 Å². The molecule has 0 aromatic heterocycles. The Morgan fingerprint density at radius 1 is 1.17 bits per heavy atom. The standard InChI is InChI=1S/C15H20O3/c1-3-17-14-8-7-12(10-15(14)18-4-2)13(16)9-11-5-6-11/h7-8,10-11H,3-6,9H2,1-2H3. The van der Waals surface area contributed by atoms with Crippen molar-refractivity contribution >= 4 is 5.78 Å². The van der Waals surface area contributed by atoms with Gasteiger partial charge in [-0.1, -0.05) is 0 Å². The molecule has 1 aromatic carbocycles. The van der Waals surface area contributed by atoms with E-state index in [1.165, 1.54) is 12.8 Å². The van der Waals surface area contributed by atoms with Crippen LogP contribution in [0.3, 0.4) is 0 Å². The lowest BCUT2D eigenvalue weighted by atomic mass is 10.1. The summed E-state index contributed by atoms with van der Waals surface area (Å²) in [6, 6.07) is 5.46. The number of carbonyl (C=O) groups excluding carboxylic acids is 1. The molecular formula is C15H20O3. The molecule has 3 nitrogen and oxygen atoms in total. The fraction of sp³-hybridized carbons (Fsp3) is 0.533. The minimum absolute atomic E-state index is 0.210. The highest BCUT2D eigenvalue weighted by atomic mass is 16.5. The van der Waals surface area contributed by atoms with Crippen LogP contribution in [0.25, 0.3) is 0 Å². The second kappa shape index (κ2) is 5.89. The van der Waals surface area contributed by atoms with Crippen molar-refractivity contribution in [3.63, 3.8) is 0 Å². The van der Waals surface area contributed by atoms with E-state index in [4.69, 9.17) is 9.47 Å². The van der Waals surface area contributed by atoms with Gasteiger partial charge < -0.3 is 9.47 Å². The molecule has 0 heterocycles. The van der Waals surface area contributed by atoms with Crippen molar-refractivity contribution in [3.05, 3.63) is 23.8 Å². The zero-order chi connectivity index (χ0) is 13.0. The van der Waals surface area contributed by atoms with Gasteiger partial charge in [-0.05, 0) is 50.8 Å². The van der Waals surface area contributed by atoms with Crippen LogP contribution >= 0.6 is 0 Å². The molecule has 18 heavy (non-hydrogen) atoms. The third kappa shape index (κ3) is 3.25. The Bertz CT molecular complexity index is 422. The third-order valence-electron chi connectivity index (χ3n) is 3.04. The van der Waals surface area contributed by atoms with E-state index in [9.17, 15) is 4.79 Å². The van der Waals surface area contributed by atoms with E-state index in [1.807, 2.05) is 26.0 Å². The molecule has 0 saturated heterocycles. The molecule has 3 heteroatoms. The highest BCUT2D eigenvalue weighted by Gasteiger charge is 2.25. The molecule has 0 unspecified atom stereocenters. The molecule has 0 atom stereocenters. The van der Waals surface area contributed by atoms with Crippen molar-refractivity contribution in [3.8, 4) is 11.5 Å². The predicted octanol–water partition coefficient (Wildman–Crippen LogP) is 3.47. The minimum atomic E-state index is 0.210. The summed E-state index contributed by atoms with van der Waals surface area (Å²) in [5, 5.41) is 0. The summed E-state index contributed by atoms with van der Waals surface area (Å²) in [7, 11) is 0. The minimum Gasteiger partial charge on any atom is -0.490 e. The van der Waals surface area contributed by atoms with E-state index in [1.54, 1.807) is 6.07 Å². The summed E-state index contributed by atoms with van der Waals surface area (Å²) >= 11 is 0. The fourth-order valence-corrected chi connectivity index (χ4v) is 1.93. The molecule has 98 valence electrons. The highest BCUT2D eigenvalue weighted by molar-refractivity contribution is 5.97. The van der Waals surface area contributed by atoms with Crippen molar-refractivity contribution in [1.82, 2.24) is 0 Å². The summed E-state index contributed by atoms with van der Waals surface area (Å²) < 4.78 is 11.0. The maximum absolute atomic E-state index is 12.0. The van der Waals surface area contributed by atoms with E-state index in [0.29, 0.717) is 37.1 Å². The van der Waals surface area contributed by atoms with Crippen molar-refractivity contribution in [2.45, 2.75) is 33.1 Å². The summed E-state index contributed by atoms with van der Waals surface area (Å²) in [5.74, 6) is 2.20. The molecule has 1 saturated carbocycles. The molecular weight excluding hydrogens is 228 g/mol. The first kappa shape index (κ1) is 12.9. The summed E-state index contributed by atoms with van der Waals surface area (Å²) in [6.45, 7) is 5.02. The number of ketones is 1. The van der Waals surface area contributed by atoms with E-state index >= 15 is 0 Å². The number of hydrogen-bond donors (Lipinski definition) is 0.